The van der Waals surface area contributed by atoms with E-state index < -0.39 is 4.08 Å². The first-order chi connectivity index (χ1) is 11.1. The minimum absolute atomic E-state index is 0.348. The van der Waals surface area contributed by atoms with Gasteiger partial charge in [-0.1, -0.05) is 59.9 Å². The van der Waals surface area contributed by atoms with Crippen molar-refractivity contribution >= 4 is 35.3 Å². The highest BCUT2D eigenvalue weighted by molar-refractivity contribution is 8.20. The number of hydrogen-bond acceptors (Lipinski definition) is 4. The first-order valence-corrected chi connectivity index (χ1v) is 8.68. The molecule has 0 radical (unpaired) electrons. The van der Waals surface area contributed by atoms with Crippen molar-refractivity contribution in [2.24, 2.45) is 0 Å². The average Bonchev–Trinajstić information content (AvgIpc) is 2.61. The second-order valence-electron chi connectivity index (χ2n) is 4.61. The van der Waals surface area contributed by atoms with Crippen LogP contribution in [0, 0.1) is 0 Å². The number of nitrogens with one attached hydrogen (secondary N) is 2. The maximum absolute atomic E-state index is 12.6. The molecule has 4 nitrogen and oxygen atoms in total. The highest BCUT2D eigenvalue weighted by Crippen LogP contribution is 2.46. The van der Waals surface area contributed by atoms with E-state index in [1.54, 1.807) is 0 Å². The van der Waals surface area contributed by atoms with Gasteiger partial charge in [-0.25, -0.2) is 0 Å². The largest absolute Gasteiger partial charge is 0.357 e. The number of benzene rings is 2. The molecule has 0 aliphatic carbocycles. The van der Waals surface area contributed by atoms with E-state index >= 15 is 0 Å². The molecule has 0 fully saturated rings. The summed E-state index contributed by atoms with van der Waals surface area (Å²) in [6.07, 6.45) is 0. The van der Waals surface area contributed by atoms with Crippen LogP contribution in [0.1, 0.15) is 0 Å². The van der Waals surface area contributed by atoms with Gasteiger partial charge in [-0.2, -0.15) is 0 Å². The summed E-state index contributed by atoms with van der Waals surface area (Å²) in [6, 6.07) is 18.9. The molecular weight excluding hydrogens is 328 g/mol. The Morgan fingerprint density at radius 1 is 0.739 bits per heavy atom. The number of carbonyl (C=O) groups excluding carboxylic acids is 2. The van der Waals surface area contributed by atoms with Crippen molar-refractivity contribution in [3.05, 3.63) is 60.7 Å². The Morgan fingerprint density at radius 3 is 1.39 bits per heavy atom. The van der Waals surface area contributed by atoms with Crippen molar-refractivity contribution in [3.63, 3.8) is 0 Å². The summed E-state index contributed by atoms with van der Waals surface area (Å²) in [5.74, 6) is -0.695. The van der Waals surface area contributed by atoms with Gasteiger partial charge in [0.2, 0.25) is 4.08 Å². The summed E-state index contributed by atoms with van der Waals surface area (Å²) in [4.78, 5) is 27.0. The molecule has 0 spiro atoms. The molecule has 0 saturated heterocycles. The van der Waals surface area contributed by atoms with Crippen molar-refractivity contribution in [1.29, 1.82) is 0 Å². The van der Waals surface area contributed by atoms with Gasteiger partial charge >= 0.3 is 0 Å². The fourth-order valence-electron chi connectivity index (χ4n) is 1.95. The van der Waals surface area contributed by atoms with E-state index in [1.807, 2.05) is 60.7 Å². The molecule has 2 aromatic carbocycles. The van der Waals surface area contributed by atoms with Gasteiger partial charge in [-0.05, 0) is 24.3 Å². The lowest BCUT2D eigenvalue weighted by atomic mass is 10.3. The molecule has 2 amide bonds. The normalized spacial score (nSPS) is 10.9. The van der Waals surface area contributed by atoms with Gasteiger partial charge in [0.05, 0.1) is 0 Å². The van der Waals surface area contributed by atoms with E-state index in [1.165, 1.54) is 37.6 Å². The molecule has 2 N–H and O–H groups in total. The zero-order valence-electron chi connectivity index (χ0n) is 12.9. The van der Waals surface area contributed by atoms with Crippen molar-refractivity contribution in [3.8, 4) is 0 Å². The lowest BCUT2D eigenvalue weighted by Gasteiger charge is -2.28. The third kappa shape index (κ3) is 4.09. The first-order valence-electron chi connectivity index (χ1n) is 7.05. The Hall–Kier alpha value is -1.92. The van der Waals surface area contributed by atoms with E-state index in [0.29, 0.717) is 0 Å². The summed E-state index contributed by atoms with van der Waals surface area (Å²) in [7, 11) is 3.08. The second-order valence-corrected chi connectivity index (χ2v) is 7.44. The molecule has 0 bridgehead atoms. The predicted octanol–water partition coefficient (Wildman–Crippen LogP) is 2.76. The molecule has 2 rings (SSSR count). The maximum atomic E-state index is 12.6. The van der Waals surface area contributed by atoms with Crippen molar-refractivity contribution in [1.82, 2.24) is 10.6 Å². The van der Waals surface area contributed by atoms with E-state index in [2.05, 4.69) is 10.6 Å². The molecule has 0 aliphatic rings. The highest BCUT2D eigenvalue weighted by atomic mass is 32.2. The summed E-state index contributed by atoms with van der Waals surface area (Å²) >= 11 is 2.47. The third-order valence-corrected chi connectivity index (χ3v) is 5.89. The van der Waals surface area contributed by atoms with Crippen molar-refractivity contribution in [2.45, 2.75) is 13.9 Å². The number of amides is 2. The summed E-state index contributed by atoms with van der Waals surface area (Å²) in [5.41, 5.74) is 0. The molecule has 120 valence electrons. The van der Waals surface area contributed by atoms with Crippen molar-refractivity contribution < 1.29 is 9.59 Å². The smallest absolute Gasteiger partial charge is 0.256 e. The number of hydrogen-bond donors (Lipinski definition) is 2. The van der Waals surface area contributed by atoms with Crippen LogP contribution in [0.5, 0.6) is 0 Å². The Balaban J connectivity index is 2.46. The quantitative estimate of drug-likeness (QED) is 0.480. The maximum Gasteiger partial charge on any atom is 0.256 e. The van der Waals surface area contributed by atoms with Gasteiger partial charge in [-0.15, -0.1) is 0 Å². The average molecular weight is 346 g/mol. The van der Waals surface area contributed by atoms with Crippen LogP contribution in [0.2, 0.25) is 0 Å². The zero-order chi connectivity index (χ0) is 16.7. The number of carbonyl (C=O) groups is 2. The van der Waals surface area contributed by atoms with Gasteiger partial charge < -0.3 is 10.6 Å². The van der Waals surface area contributed by atoms with E-state index in [-0.39, 0.29) is 11.8 Å². The summed E-state index contributed by atoms with van der Waals surface area (Å²) in [6.45, 7) is 0. The minimum Gasteiger partial charge on any atom is -0.357 e. The molecule has 0 heterocycles. The predicted molar refractivity (Wildman–Crippen MR) is 95.5 cm³/mol. The fourth-order valence-corrected chi connectivity index (χ4v) is 4.72. The van der Waals surface area contributed by atoms with Gasteiger partial charge in [0.1, 0.15) is 0 Å². The Bertz CT molecular complexity index is 603. The standard InChI is InChI=1S/C17H18N2O2S2/c1-18-15(20)17(16(21)19-2,22-13-9-5-3-6-10-13)23-14-11-7-4-8-12-14/h3-12H,1-2H3,(H,18,20)(H,19,21). The van der Waals surface area contributed by atoms with Crippen LogP contribution >= 0.6 is 23.5 Å². The highest BCUT2D eigenvalue weighted by Gasteiger charge is 2.47. The second kappa shape index (κ2) is 8.08. The molecule has 0 atom stereocenters. The van der Waals surface area contributed by atoms with Crippen LogP contribution in [0.25, 0.3) is 0 Å². The SMILES string of the molecule is CNC(=O)C(Sc1ccccc1)(Sc1ccccc1)C(=O)NC. The van der Waals surface area contributed by atoms with Crippen molar-refractivity contribution in [2.75, 3.05) is 14.1 Å². The van der Waals surface area contributed by atoms with Crippen LogP contribution in [0.3, 0.4) is 0 Å². The molecule has 0 unspecified atom stereocenters. The molecule has 0 saturated carbocycles. The molecule has 0 aromatic heterocycles. The third-order valence-electron chi connectivity index (χ3n) is 3.06. The summed E-state index contributed by atoms with van der Waals surface area (Å²) in [5, 5.41) is 5.24. The topological polar surface area (TPSA) is 58.2 Å². The lowest BCUT2D eigenvalue weighted by molar-refractivity contribution is -0.129. The lowest BCUT2D eigenvalue weighted by Crippen LogP contribution is -2.51. The van der Waals surface area contributed by atoms with Gasteiger partial charge in [0.15, 0.2) is 0 Å². The van der Waals surface area contributed by atoms with Crippen LogP contribution in [-0.4, -0.2) is 30.0 Å². The molecular formula is C17H18N2O2S2. The van der Waals surface area contributed by atoms with Gasteiger partial charge in [0.25, 0.3) is 11.8 Å². The zero-order valence-corrected chi connectivity index (χ0v) is 14.5. The molecule has 6 heteroatoms. The van der Waals surface area contributed by atoms with E-state index in [9.17, 15) is 9.59 Å². The monoisotopic (exact) mass is 346 g/mol. The first kappa shape index (κ1) is 17.4. The fraction of sp³-hybridized carbons (Fsp3) is 0.176. The van der Waals surface area contributed by atoms with E-state index in [4.69, 9.17) is 0 Å². The number of rotatable bonds is 6. The summed E-state index contributed by atoms with van der Waals surface area (Å²) < 4.78 is -1.34. The van der Waals surface area contributed by atoms with Crippen LogP contribution in [0.4, 0.5) is 0 Å². The Morgan fingerprint density at radius 2 is 1.09 bits per heavy atom. The van der Waals surface area contributed by atoms with Crippen LogP contribution in [-0.2, 0) is 9.59 Å². The van der Waals surface area contributed by atoms with Gasteiger partial charge in [0, 0.05) is 23.9 Å². The Kier molecular flexibility index (Phi) is 6.12. The van der Waals surface area contributed by atoms with E-state index in [0.717, 1.165) is 9.79 Å². The van der Waals surface area contributed by atoms with Gasteiger partial charge in [-0.3, -0.25) is 9.59 Å². The molecule has 2 aromatic rings. The minimum atomic E-state index is -1.34. The van der Waals surface area contributed by atoms with Crippen LogP contribution in [0.15, 0.2) is 70.5 Å². The molecule has 0 aliphatic heterocycles. The number of thioether (sulfide) groups is 2. The van der Waals surface area contributed by atoms with Crippen LogP contribution < -0.4 is 10.6 Å². The molecule has 23 heavy (non-hydrogen) atoms. The Labute approximate surface area is 144 Å².